The fourth-order valence-electron chi connectivity index (χ4n) is 4.25. The van der Waals surface area contributed by atoms with Crippen molar-refractivity contribution in [2.45, 2.75) is 64.1 Å². The summed E-state index contributed by atoms with van der Waals surface area (Å²) in [5.74, 6) is -0.727. The molecule has 2 amide bonds. The molecule has 0 aliphatic rings. The Hall–Kier alpha value is -3.17. The second-order valence-corrected chi connectivity index (χ2v) is 12.3. The van der Waals surface area contributed by atoms with Crippen molar-refractivity contribution in [1.82, 2.24) is 10.2 Å². The SMILES string of the molecule is CC[C@@H](C)NC(=O)[C@@H](CC)N(Cc1cccc(C)c1)C(=O)CN(c1cccc(Br)c1)S(=O)(=O)c1ccccc1. The van der Waals surface area contributed by atoms with Crippen LogP contribution >= 0.6 is 15.9 Å². The van der Waals surface area contributed by atoms with E-state index < -0.39 is 28.5 Å². The molecule has 3 rings (SSSR count). The second kappa shape index (κ2) is 13.8. The molecule has 0 radical (unpaired) electrons. The molecule has 0 spiro atoms. The van der Waals surface area contributed by atoms with Gasteiger partial charge in [-0.05, 0) is 62.6 Å². The highest BCUT2D eigenvalue weighted by Crippen LogP contribution is 2.27. The summed E-state index contributed by atoms with van der Waals surface area (Å²) in [5.41, 5.74) is 2.23. The van der Waals surface area contributed by atoms with E-state index in [1.807, 2.05) is 52.0 Å². The number of carbonyl (C=O) groups excluding carboxylic acids is 2. The molecule has 3 aromatic rings. The van der Waals surface area contributed by atoms with Crippen LogP contribution in [-0.2, 0) is 26.2 Å². The Kier molecular flexibility index (Phi) is 10.7. The monoisotopic (exact) mass is 613 g/mol. The van der Waals surface area contributed by atoms with E-state index in [9.17, 15) is 18.0 Å². The molecule has 0 unspecified atom stereocenters. The van der Waals surface area contributed by atoms with Gasteiger partial charge in [-0.3, -0.25) is 13.9 Å². The third-order valence-electron chi connectivity index (χ3n) is 6.53. The number of hydrogen-bond acceptors (Lipinski definition) is 4. The number of halogens is 1. The van der Waals surface area contributed by atoms with E-state index in [1.165, 1.54) is 17.0 Å². The highest BCUT2D eigenvalue weighted by molar-refractivity contribution is 9.10. The minimum absolute atomic E-state index is 0.0564. The van der Waals surface area contributed by atoms with Crippen LogP contribution in [0, 0.1) is 6.92 Å². The molecule has 0 saturated heterocycles. The van der Waals surface area contributed by atoms with E-state index in [0.717, 1.165) is 21.9 Å². The fourth-order valence-corrected chi connectivity index (χ4v) is 6.06. The zero-order chi connectivity index (χ0) is 28.6. The van der Waals surface area contributed by atoms with Crippen molar-refractivity contribution in [2.24, 2.45) is 0 Å². The summed E-state index contributed by atoms with van der Waals surface area (Å²) in [6, 6.07) is 21.8. The largest absolute Gasteiger partial charge is 0.352 e. The van der Waals surface area contributed by atoms with Crippen LogP contribution in [0.15, 0.2) is 88.2 Å². The Balaban J connectivity index is 2.05. The van der Waals surface area contributed by atoms with Crippen molar-refractivity contribution in [2.75, 3.05) is 10.8 Å². The highest BCUT2D eigenvalue weighted by Gasteiger charge is 2.34. The van der Waals surface area contributed by atoms with Gasteiger partial charge in [0.05, 0.1) is 10.6 Å². The predicted octanol–water partition coefficient (Wildman–Crippen LogP) is 5.67. The zero-order valence-corrected chi connectivity index (χ0v) is 25.2. The lowest BCUT2D eigenvalue weighted by atomic mass is 10.1. The van der Waals surface area contributed by atoms with Crippen LogP contribution in [0.25, 0.3) is 0 Å². The molecule has 3 aromatic carbocycles. The maximum Gasteiger partial charge on any atom is 0.264 e. The topological polar surface area (TPSA) is 86.8 Å². The first-order chi connectivity index (χ1) is 18.6. The van der Waals surface area contributed by atoms with Gasteiger partial charge in [-0.1, -0.05) is 83.9 Å². The molecule has 0 aliphatic heterocycles. The molecule has 0 heterocycles. The van der Waals surface area contributed by atoms with Gasteiger partial charge in [0, 0.05) is 17.1 Å². The van der Waals surface area contributed by atoms with E-state index in [-0.39, 0.29) is 23.4 Å². The molecule has 9 heteroatoms. The van der Waals surface area contributed by atoms with Gasteiger partial charge < -0.3 is 10.2 Å². The van der Waals surface area contributed by atoms with Gasteiger partial charge in [-0.15, -0.1) is 0 Å². The number of hydrogen-bond donors (Lipinski definition) is 1. The number of benzene rings is 3. The predicted molar refractivity (Wildman–Crippen MR) is 159 cm³/mol. The summed E-state index contributed by atoms with van der Waals surface area (Å²) in [6.07, 6.45) is 1.13. The van der Waals surface area contributed by atoms with E-state index in [1.54, 1.807) is 42.5 Å². The summed E-state index contributed by atoms with van der Waals surface area (Å²) in [7, 11) is -4.09. The molecule has 2 atom stereocenters. The third-order valence-corrected chi connectivity index (χ3v) is 8.81. The maximum absolute atomic E-state index is 14.1. The van der Waals surface area contributed by atoms with E-state index in [0.29, 0.717) is 16.6 Å². The number of carbonyl (C=O) groups is 2. The Morgan fingerprint density at radius 3 is 2.23 bits per heavy atom. The van der Waals surface area contributed by atoms with Crippen molar-refractivity contribution in [3.05, 3.63) is 94.5 Å². The summed E-state index contributed by atoms with van der Waals surface area (Å²) in [5, 5.41) is 2.99. The third kappa shape index (κ3) is 7.92. The smallest absolute Gasteiger partial charge is 0.264 e. The fraction of sp³-hybridized carbons (Fsp3) is 0.333. The Labute approximate surface area is 240 Å². The van der Waals surface area contributed by atoms with E-state index in [4.69, 9.17) is 0 Å². The normalized spacial score (nSPS) is 12.8. The number of rotatable bonds is 12. The molecule has 1 N–H and O–H groups in total. The Morgan fingerprint density at radius 2 is 1.62 bits per heavy atom. The molecular formula is C30H36BrN3O4S. The number of sulfonamides is 1. The van der Waals surface area contributed by atoms with Crippen LogP contribution in [0.5, 0.6) is 0 Å². The summed E-state index contributed by atoms with van der Waals surface area (Å²) in [4.78, 5) is 29.0. The van der Waals surface area contributed by atoms with Gasteiger partial charge in [0.25, 0.3) is 10.0 Å². The van der Waals surface area contributed by atoms with Crippen LogP contribution in [0.1, 0.15) is 44.7 Å². The maximum atomic E-state index is 14.1. The van der Waals surface area contributed by atoms with Gasteiger partial charge >= 0.3 is 0 Å². The van der Waals surface area contributed by atoms with E-state index in [2.05, 4.69) is 21.2 Å². The van der Waals surface area contributed by atoms with Gasteiger partial charge in [0.2, 0.25) is 11.8 Å². The second-order valence-electron chi connectivity index (χ2n) is 9.56. The number of aryl methyl sites for hydroxylation is 1. The molecular weight excluding hydrogens is 578 g/mol. The average Bonchev–Trinajstić information content (AvgIpc) is 2.91. The first kappa shape index (κ1) is 30.4. The lowest BCUT2D eigenvalue weighted by molar-refractivity contribution is -0.140. The zero-order valence-electron chi connectivity index (χ0n) is 22.8. The molecule has 0 saturated carbocycles. The van der Waals surface area contributed by atoms with E-state index >= 15 is 0 Å². The van der Waals surface area contributed by atoms with Gasteiger partial charge in [-0.25, -0.2) is 8.42 Å². The standard InChI is InChI=1S/C30H36BrN3O4S/c1-5-23(4)32-30(36)28(6-2)33(20-24-13-10-12-22(3)18-24)29(35)21-34(26-15-11-14-25(31)19-26)39(37,38)27-16-8-7-9-17-27/h7-19,23,28H,5-6,20-21H2,1-4H3,(H,32,36)/t23-,28-/m1/s1. The van der Waals surface area contributed by atoms with Crippen LogP contribution in [0.4, 0.5) is 5.69 Å². The summed E-state index contributed by atoms with van der Waals surface area (Å²) < 4.78 is 29.4. The number of nitrogens with zero attached hydrogens (tertiary/aromatic N) is 2. The van der Waals surface area contributed by atoms with Gasteiger partial charge in [0.1, 0.15) is 12.6 Å². The molecule has 0 aliphatic carbocycles. The van der Waals surface area contributed by atoms with Crippen molar-refractivity contribution < 1.29 is 18.0 Å². The van der Waals surface area contributed by atoms with Gasteiger partial charge in [-0.2, -0.15) is 0 Å². The van der Waals surface area contributed by atoms with Crippen LogP contribution in [-0.4, -0.2) is 43.8 Å². The molecule has 0 fully saturated rings. The minimum atomic E-state index is -4.09. The summed E-state index contributed by atoms with van der Waals surface area (Å²) >= 11 is 3.41. The van der Waals surface area contributed by atoms with Crippen molar-refractivity contribution >= 4 is 43.5 Å². The molecule has 7 nitrogen and oxygen atoms in total. The number of anilines is 1. The summed E-state index contributed by atoms with van der Waals surface area (Å²) in [6.45, 7) is 7.41. The molecule has 0 aromatic heterocycles. The number of nitrogens with one attached hydrogen (secondary N) is 1. The lowest BCUT2D eigenvalue weighted by Crippen LogP contribution is -2.53. The van der Waals surface area contributed by atoms with Crippen molar-refractivity contribution in [3.63, 3.8) is 0 Å². The first-order valence-electron chi connectivity index (χ1n) is 13.1. The average molecular weight is 615 g/mol. The van der Waals surface area contributed by atoms with Crippen LogP contribution < -0.4 is 9.62 Å². The lowest BCUT2D eigenvalue weighted by Gasteiger charge is -2.33. The molecule has 39 heavy (non-hydrogen) atoms. The Bertz CT molecular complexity index is 1380. The van der Waals surface area contributed by atoms with Crippen LogP contribution in [0.2, 0.25) is 0 Å². The number of amides is 2. The highest BCUT2D eigenvalue weighted by atomic mass is 79.9. The van der Waals surface area contributed by atoms with Crippen molar-refractivity contribution in [1.29, 1.82) is 0 Å². The Morgan fingerprint density at radius 1 is 0.923 bits per heavy atom. The molecule has 0 bridgehead atoms. The minimum Gasteiger partial charge on any atom is -0.352 e. The van der Waals surface area contributed by atoms with Crippen LogP contribution in [0.3, 0.4) is 0 Å². The molecule has 208 valence electrons. The van der Waals surface area contributed by atoms with Gasteiger partial charge in [0.15, 0.2) is 0 Å². The van der Waals surface area contributed by atoms with Crippen molar-refractivity contribution in [3.8, 4) is 0 Å². The quantitative estimate of drug-likeness (QED) is 0.285. The first-order valence-corrected chi connectivity index (χ1v) is 15.3.